The van der Waals surface area contributed by atoms with Crippen LogP contribution in [0.5, 0.6) is 0 Å². The van der Waals surface area contributed by atoms with Gasteiger partial charge in [-0.2, -0.15) is 0 Å². The Kier molecular flexibility index (Phi) is 3.74. The average molecular weight is 287 g/mol. The number of imidazole rings is 1. The van der Waals surface area contributed by atoms with Crippen molar-refractivity contribution in [1.29, 1.82) is 0 Å². The lowest BCUT2D eigenvalue weighted by molar-refractivity contribution is 0.616. The quantitative estimate of drug-likeness (QED) is 0.552. The van der Waals surface area contributed by atoms with Gasteiger partial charge in [0.25, 0.3) is 0 Å². The van der Waals surface area contributed by atoms with Crippen molar-refractivity contribution in [1.82, 2.24) is 19.5 Å². The lowest BCUT2D eigenvalue weighted by Crippen LogP contribution is -2.24. The molecule has 0 amide bonds. The number of hydrazine groups is 1. The zero-order valence-electron chi connectivity index (χ0n) is 12.4. The van der Waals surface area contributed by atoms with E-state index in [9.17, 15) is 0 Å². The SMILES string of the molecule is Cc1c(NN)nc(C2CC2)nc1NC(C)Cn1ccnc1. The Labute approximate surface area is 124 Å². The van der Waals surface area contributed by atoms with Gasteiger partial charge in [-0.1, -0.05) is 0 Å². The highest BCUT2D eigenvalue weighted by atomic mass is 15.3. The first-order valence-corrected chi connectivity index (χ1v) is 7.24. The van der Waals surface area contributed by atoms with Crippen LogP contribution in [-0.4, -0.2) is 25.6 Å². The summed E-state index contributed by atoms with van der Waals surface area (Å²) < 4.78 is 2.04. The molecule has 1 aliphatic carbocycles. The molecular weight excluding hydrogens is 266 g/mol. The average Bonchev–Trinajstić information content (AvgIpc) is 3.20. The van der Waals surface area contributed by atoms with Gasteiger partial charge in [-0.25, -0.2) is 20.8 Å². The second kappa shape index (κ2) is 5.69. The molecule has 1 aliphatic rings. The van der Waals surface area contributed by atoms with Crippen molar-refractivity contribution >= 4 is 11.6 Å². The third-order valence-corrected chi connectivity index (χ3v) is 3.67. The summed E-state index contributed by atoms with van der Waals surface area (Å²) in [6, 6.07) is 0.227. The predicted molar refractivity (Wildman–Crippen MR) is 81.9 cm³/mol. The summed E-state index contributed by atoms with van der Waals surface area (Å²) >= 11 is 0. The molecule has 2 aromatic heterocycles. The summed E-state index contributed by atoms with van der Waals surface area (Å²) in [5.74, 6) is 8.49. The minimum absolute atomic E-state index is 0.227. The number of nitrogens with zero attached hydrogens (tertiary/aromatic N) is 4. The first-order valence-electron chi connectivity index (χ1n) is 7.24. The molecule has 7 nitrogen and oxygen atoms in total. The van der Waals surface area contributed by atoms with E-state index in [2.05, 4.69) is 32.6 Å². The van der Waals surface area contributed by atoms with Crippen molar-refractivity contribution in [2.75, 3.05) is 10.7 Å². The summed E-state index contributed by atoms with van der Waals surface area (Å²) in [5, 5.41) is 3.45. The molecule has 2 aromatic rings. The van der Waals surface area contributed by atoms with E-state index in [1.807, 2.05) is 24.0 Å². The van der Waals surface area contributed by atoms with Gasteiger partial charge in [-0.3, -0.25) is 0 Å². The molecule has 0 spiro atoms. The highest BCUT2D eigenvalue weighted by Crippen LogP contribution is 2.39. The lowest BCUT2D eigenvalue weighted by Gasteiger charge is -2.18. The van der Waals surface area contributed by atoms with E-state index in [0.717, 1.165) is 36.6 Å². The molecule has 7 heteroatoms. The molecule has 3 rings (SSSR count). The zero-order valence-corrected chi connectivity index (χ0v) is 12.4. The number of nitrogens with one attached hydrogen (secondary N) is 2. The fraction of sp³-hybridized carbons (Fsp3) is 0.500. The molecule has 112 valence electrons. The number of hydrogen-bond acceptors (Lipinski definition) is 6. The normalized spacial score (nSPS) is 15.8. The summed E-state index contributed by atoms with van der Waals surface area (Å²) in [5.41, 5.74) is 3.62. The molecule has 1 fully saturated rings. The molecule has 1 atom stereocenters. The monoisotopic (exact) mass is 287 g/mol. The fourth-order valence-corrected chi connectivity index (χ4v) is 2.33. The lowest BCUT2D eigenvalue weighted by atomic mass is 10.2. The minimum Gasteiger partial charge on any atom is -0.365 e. The molecule has 0 bridgehead atoms. The van der Waals surface area contributed by atoms with Crippen LogP contribution in [0.1, 0.15) is 37.1 Å². The van der Waals surface area contributed by atoms with E-state index in [4.69, 9.17) is 5.84 Å². The van der Waals surface area contributed by atoms with Crippen LogP contribution >= 0.6 is 0 Å². The van der Waals surface area contributed by atoms with E-state index < -0.39 is 0 Å². The third-order valence-electron chi connectivity index (χ3n) is 3.67. The standard InChI is InChI=1S/C14H21N7/c1-9(7-21-6-5-16-8-21)17-12-10(2)13(20-15)19-14(18-12)11-3-4-11/h5-6,8-9,11H,3-4,7,15H2,1-2H3,(H2,17,18,19,20). The van der Waals surface area contributed by atoms with Gasteiger partial charge in [-0.15, -0.1) is 0 Å². The van der Waals surface area contributed by atoms with Crippen molar-refractivity contribution < 1.29 is 0 Å². The third kappa shape index (κ3) is 3.13. The largest absolute Gasteiger partial charge is 0.365 e. The van der Waals surface area contributed by atoms with Gasteiger partial charge >= 0.3 is 0 Å². The van der Waals surface area contributed by atoms with Crippen LogP contribution in [-0.2, 0) is 6.54 Å². The molecule has 0 radical (unpaired) electrons. The van der Waals surface area contributed by atoms with E-state index >= 15 is 0 Å². The minimum atomic E-state index is 0.227. The van der Waals surface area contributed by atoms with Crippen LogP contribution in [0.2, 0.25) is 0 Å². The van der Waals surface area contributed by atoms with Crippen LogP contribution < -0.4 is 16.6 Å². The maximum atomic E-state index is 5.57. The maximum Gasteiger partial charge on any atom is 0.148 e. The number of nitrogens with two attached hydrogens (primary N) is 1. The van der Waals surface area contributed by atoms with Gasteiger partial charge in [0.05, 0.1) is 6.33 Å². The molecule has 0 aromatic carbocycles. The van der Waals surface area contributed by atoms with E-state index in [1.54, 1.807) is 6.20 Å². The molecule has 0 saturated heterocycles. The number of rotatable bonds is 6. The highest BCUT2D eigenvalue weighted by Gasteiger charge is 2.28. The van der Waals surface area contributed by atoms with E-state index in [1.165, 1.54) is 0 Å². The highest BCUT2D eigenvalue weighted by molar-refractivity contribution is 5.57. The van der Waals surface area contributed by atoms with Crippen molar-refractivity contribution in [2.45, 2.75) is 45.2 Å². The van der Waals surface area contributed by atoms with E-state index in [0.29, 0.717) is 11.7 Å². The molecular formula is C14H21N7. The summed E-state index contributed by atoms with van der Waals surface area (Å²) in [7, 11) is 0. The van der Waals surface area contributed by atoms with Crippen LogP contribution in [0.25, 0.3) is 0 Å². The number of nitrogen functional groups attached to an aromatic ring is 1. The van der Waals surface area contributed by atoms with Crippen LogP contribution in [0.3, 0.4) is 0 Å². The van der Waals surface area contributed by atoms with Crippen molar-refractivity contribution in [3.05, 3.63) is 30.1 Å². The molecule has 1 saturated carbocycles. The van der Waals surface area contributed by atoms with Gasteiger partial charge in [0, 0.05) is 36.5 Å². The second-order valence-electron chi connectivity index (χ2n) is 5.63. The number of hydrogen-bond donors (Lipinski definition) is 3. The molecule has 21 heavy (non-hydrogen) atoms. The Morgan fingerprint density at radius 2 is 2.14 bits per heavy atom. The molecule has 1 unspecified atom stereocenters. The predicted octanol–water partition coefficient (Wildman–Crippen LogP) is 1.65. The Hall–Kier alpha value is -2.15. The Balaban J connectivity index is 1.78. The van der Waals surface area contributed by atoms with Gasteiger partial charge < -0.3 is 15.3 Å². The van der Waals surface area contributed by atoms with Gasteiger partial charge in [0.1, 0.15) is 17.5 Å². The second-order valence-corrected chi connectivity index (χ2v) is 5.63. The summed E-state index contributed by atoms with van der Waals surface area (Å²) in [4.78, 5) is 13.2. The van der Waals surface area contributed by atoms with Crippen molar-refractivity contribution in [2.24, 2.45) is 5.84 Å². The molecule has 0 aliphatic heterocycles. The van der Waals surface area contributed by atoms with Gasteiger partial charge in [0.15, 0.2) is 0 Å². The Morgan fingerprint density at radius 3 is 2.76 bits per heavy atom. The first kappa shape index (κ1) is 13.8. The van der Waals surface area contributed by atoms with Crippen molar-refractivity contribution in [3.8, 4) is 0 Å². The zero-order chi connectivity index (χ0) is 14.8. The number of aromatic nitrogens is 4. The number of anilines is 2. The van der Waals surface area contributed by atoms with E-state index in [-0.39, 0.29) is 6.04 Å². The smallest absolute Gasteiger partial charge is 0.148 e. The van der Waals surface area contributed by atoms with Crippen LogP contribution in [0, 0.1) is 6.92 Å². The van der Waals surface area contributed by atoms with Crippen LogP contribution in [0.4, 0.5) is 11.6 Å². The maximum absolute atomic E-state index is 5.57. The Bertz CT molecular complexity index is 604. The summed E-state index contributed by atoms with van der Waals surface area (Å²) in [6.07, 6.45) is 7.87. The first-order chi connectivity index (χ1) is 10.2. The fourth-order valence-electron chi connectivity index (χ4n) is 2.33. The summed E-state index contributed by atoms with van der Waals surface area (Å²) in [6.45, 7) is 4.92. The van der Waals surface area contributed by atoms with Gasteiger partial charge in [0.2, 0.25) is 0 Å². The Morgan fingerprint density at radius 1 is 1.38 bits per heavy atom. The van der Waals surface area contributed by atoms with Gasteiger partial charge in [-0.05, 0) is 26.7 Å². The molecule has 2 heterocycles. The van der Waals surface area contributed by atoms with Crippen LogP contribution in [0.15, 0.2) is 18.7 Å². The molecule has 4 N–H and O–H groups in total. The van der Waals surface area contributed by atoms with Crippen molar-refractivity contribution in [3.63, 3.8) is 0 Å². The topological polar surface area (TPSA) is 93.7 Å².